The summed E-state index contributed by atoms with van der Waals surface area (Å²) in [5.74, 6) is 5.77. The van der Waals surface area contributed by atoms with Crippen LogP contribution in [0.3, 0.4) is 0 Å². The summed E-state index contributed by atoms with van der Waals surface area (Å²) >= 11 is 0. The van der Waals surface area contributed by atoms with Crippen molar-refractivity contribution in [3.63, 3.8) is 0 Å². The van der Waals surface area contributed by atoms with E-state index in [-0.39, 0.29) is 83.4 Å². The number of carbonyl (C=O) groups excluding carboxylic acids is 3. The van der Waals surface area contributed by atoms with E-state index in [2.05, 4.69) is 35.7 Å². The van der Waals surface area contributed by atoms with E-state index in [4.69, 9.17) is 42.6 Å². The van der Waals surface area contributed by atoms with E-state index in [0.29, 0.717) is 54.3 Å². The number of ether oxygens (including phenoxy) is 9. The minimum absolute atomic E-state index is 0. The van der Waals surface area contributed by atoms with E-state index in [1.807, 2.05) is 237 Å². The van der Waals surface area contributed by atoms with Crippen molar-refractivity contribution in [1.29, 1.82) is 0 Å². The molecule has 134 heavy (non-hydrogen) atoms. The van der Waals surface area contributed by atoms with Gasteiger partial charge in [-0.25, -0.2) is 0 Å². The molecule has 0 radical (unpaired) electrons. The first-order valence-corrected chi connectivity index (χ1v) is 49.4. The summed E-state index contributed by atoms with van der Waals surface area (Å²) in [6.07, 6.45) is 34.0. The summed E-state index contributed by atoms with van der Waals surface area (Å²) in [5.41, 5.74) is 17.9. The summed E-state index contributed by atoms with van der Waals surface area (Å²) < 4.78 is 90.5. The van der Waals surface area contributed by atoms with Gasteiger partial charge in [0.2, 0.25) is 0 Å². The third kappa shape index (κ3) is 31.3. The summed E-state index contributed by atoms with van der Waals surface area (Å²) in [5, 5.41) is 0. The van der Waals surface area contributed by atoms with Crippen LogP contribution in [0.5, 0.6) is 34.5 Å². The summed E-state index contributed by atoms with van der Waals surface area (Å²) in [4.78, 5) is 53.5. The molecule has 6 atom stereocenters. The molecule has 0 aliphatic carbocycles. The molecule has 3 aliphatic heterocycles. The van der Waals surface area contributed by atoms with Crippen molar-refractivity contribution in [2.75, 3.05) is 61.0 Å². The number of hydrogen-bond acceptors (Lipinski definition) is 18. The average molecular weight is 2030 g/mol. The molecule has 0 amide bonds. The first-order chi connectivity index (χ1) is 64.6. The van der Waals surface area contributed by atoms with Crippen LogP contribution < -0.4 is 28.4 Å². The van der Waals surface area contributed by atoms with Crippen LogP contribution in [0.15, 0.2) is 288 Å². The van der Waals surface area contributed by atoms with Crippen molar-refractivity contribution in [3.05, 3.63) is 348 Å². The third-order valence-corrected chi connectivity index (χ3v) is 27.1. The van der Waals surface area contributed by atoms with Crippen molar-refractivity contribution in [2.45, 2.75) is 167 Å². The maximum absolute atomic E-state index is 13.0. The molecule has 0 spiro atoms. The number of methoxy groups -OCH3 is 3. The quantitative estimate of drug-likeness (QED) is 0.0258. The first-order valence-electron chi connectivity index (χ1n) is 45.4. The molecule has 18 nitrogen and oxygen atoms in total. The van der Waals surface area contributed by atoms with Crippen LogP contribution in [0, 0.1) is 7.43 Å². The van der Waals surface area contributed by atoms with Crippen LogP contribution in [-0.4, -0.2) is 124 Å². The van der Waals surface area contributed by atoms with Gasteiger partial charge >= 0.3 is 0 Å². The number of carbonyl (C=O) groups is 3. The fraction of sp³-hybridized carbons (Fsp3) is 0.295. The second-order valence-electron chi connectivity index (χ2n) is 32.8. The molecule has 3 aromatic heterocycles. The van der Waals surface area contributed by atoms with Crippen molar-refractivity contribution in [2.24, 2.45) is 0 Å². The maximum atomic E-state index is 13.0. The molecule has 4 unspecified atom stereocenters. The van der Waals surface area contributed by atoms with Crippen LogP contribution >= 0.6 is 0 Å². The zero-order chi connectivity index (χ0) is 92.2. The molecule has 6 heterocycles. The molecule has 3 saturated heterocycles. The molecule has 12 aromatic rings. The molecule has 0 saturated carbocycles. The topological polar surface area (TPSA) is 224 Å². The van der Waals surface area contributed by atoms with E-state index in [9.17, 15) is 27.0 Å². The van der Waals surface area contributed by atoms with Crippen molar-refractivity contribution >= 4 is 68.0 Å². The molecule has 15 rings (SSSR count). The molecule has 22 heteroatoms. The standard InChI is InChI=1S/3C37H39NO5S.CH3.W/c3*1-3-5-28-19-20-38-24-32(28)26-44(40)36-16-7-27(8-17-36)22-33(39)13-9-31-23-30(12-18-37(31)41-2)29-10-14-34(15-11-29)43-35-6-4-21-42-25-35;;/h3*7-20,23-24,35H,3-6,21-22,25-26H2,1-2H3;1H3;/q;;;-1;/b3*13-9+;;/t2*35?,44-;;;/m10.../s1. The van der Waals surface area contributed by atoms with Crippen molar-refractivity contribution < 1.29 is 90.7 Å². The third-order valence-electron chi connectivity index (χ3n) is 23.0. The zero-order valence-corrected chi connectivity index (χ0v) is 82.9. The van der Waals surface area contributed by atoms with Gasteiger partial charge in [0.25, 0.3) is 0 Å². The predicted octanol–water partition coefficient (Wildman–Crippen LogP) is 22.6. The fourth-order valence-electron chi connectivity index (χ4n) is 15.9. The van der Waals surface area contributed by atoms with Crippen LogP contribution in [0.4, 0.5) is 0 Å². The molecule has 3 fully saturated rings. The van der Waals surface area contributed by atoms with Crippen molar-refractivity contribution in [1.82, 2.24) is 15.0 Å². The number of aromatic nitrogens is 3. The summed E-state index contributed by atoms with van der Waals surface area (Å²) in [6, 6.07) is 70.4. The average Bonchev–Trinajstić information content (AvgIpc) is 0.827. The minimum Gasteiger partial charge on any atom is -0.496 e. The van der Waals surface area contributed by atoms with E-state index in [1.165, 1.54) is 16.7 Å². The predicted molar refractivity (Wildman–Crippen MR) is 533 cm³/mol. The second-order valence-corrected chi connectivity index (χ2v) is 37.2. The normalized spacial score (nSPS) is 15.4. The van der Waals surface area contributed by atoms with Crippen molar-refractivity contribution in [3.8, 4) is 67.9 Å². The summed E-state index contributed by atoms with van der Waals surface area (Å²) in [7, 11) is 1.31. The van der Waals surface area contributed by atoms with Gasteiger partial charge in [-0.05, 0) is 305 Å². The van der Waals surface area contributed by atoms with E-state index >= 15 is 0 Å². The largest absolute Gasteiger partial charge is 0.496 e. The Balaban J connectivity index is 0.000000192. The minimum atomic E-state index is -1.19. The number of hydrogen-bond donors (Lipinski definition) is 0. The Labute approximate surface area is 811 Å². The smallest absolute Gasteiger partial charge is 0.160 e. The SMILES string of the molecule is CCCc1ccncc1CS(=O)c1ccc(CC(=O)/C=C/c2cc(-c3ccc(OC4CCCOC4)cc3)ccc2OC)cc1.CCCc1ccncc1C[S@@](=O)c1ccc(CC(=O)/C=C/c2cc(-c3ccc(OC4CCCOC4)cc3)ccc2OC)cc1.CCCc1ccncc1C[S@](=O)c1ccc(CC(=O)/C=C/c2cc(-c3ccc(OC4CCCOC4)cc3)ccc2OC)cc1.[CH3-].[W]. The number of pyridine rings is 3. The van der Waals surface area contributed by atoms with E-state index < -0.39 is 32.4 Å². The summed E-state index contributed by atoms with van der Waals surface area (Å²) in [6.45, 7) is 10.7. The Bertz CT molecular complexity index is 5360. The van der Waals surface area contributed by atoms with Crippen LogP contribution in [0.1, 0.15) is 145 Å². The first kappa shape index (κ1) is 103. The van der Waals surface area contributed by atoms with Gasteiger partial charge < -0.3 is 50.1 Å². The number of ketones is 3. The van der Waals surface area contributed by atoms with Gasteiger partial charge in [-0.15, -0.1) is 0 Å². The Morgan fingerprint density at radius 2 is 0.612 bits per heavy atom. The van der Waals surface area contributed by atoms with Gasteiger partial charge in [0.1, 0.15) is 52.8 Å². The Morgan fingerprint density at radius 1 is 0.351 bits per heavy atom. The molecule has 0 bridgehead atoms. The van der Waals surface area contributed by atoms with Gasteiger partial charge in [0.05, 0.1) is 90.8 Å². The maximum Gasteiger partial charge on any atom is 0.160 e. The molecular formula is C112H120N3O15S3W-. The molecule has 698 valence electrons. The number of benzene rings is 9. The fourth-order valence-corrected chi connectivity index (χ4v) is 19.3. The molecule has 3 aliphatic rings. The van der Waals surface area contributed by atoms with E-state index in [0.717, 1.165) is 212 Å². The van der Waals surface area contributed by atoms with Gasteiger partial charge in [-0.1, -0.05) is 131 Å². The Morgan fingerprint density at radius 3 is 0.851 bits per heavy atom. The van der Waals surface area contributed by atoms with Crippen LogP contribution in [-0.2, 0) is 138 Å². The molecule has 9 aromatic carbocycles. The van der Waals surface area contributed by atoms with Crippen LogP contribution in [0.25, 0.3) is 51.6 Å². The number of allylic oxidation sites excluding steroid dienone is 3. The number of rotatable bonds is 39. The number of aryl methyl sites for hydroxylation is 3. The van der Waals surface area contributed by atoms with Gasteiger partial charge in [0, 0.05) is 129 Å². The molecular weight excluding hydrogens is 1910 g/mol. The zero-order valence-electron chi connectivity index (χ0n) is 77.5. The van der Waals surface area contributed by atoms with Gasteiger partial charge in [-0.2, -0.15) is 0 Å². The second kappa shape index (κ2) is 54.1. The monoisotopic (exact) mass is 2030 g/mol. The number of nitrogens with zero attached hydrogens (tertiary/aromatic N) is 3. The van der Waals surface area contributed by atoms with E-state index in [1.54, 1.807) is 76.4 Å². The molecule has 0 N–H and O–H groups in total. The Hall–Kier alpha value is -11.5. The Kier molecular flexibility index (Phi) is 41.6. The van der Waals surface area contributed by atoms with Crippen LogP contribution in [0.2, 0.25) is 0 Å². The van der Waals surface area contributed by atoms with Gasteiger partial charge in [-0.3, -0.25) is 42.0 Å². The van der Waals surface area contributed by atoms with Gasteiger partial charge in [0.15, 0.2) is 17.3 Å².